The molecule has 1 aromatic carbocycles. The Hall–Kier alpha value is -1.14. The number of benzene rings is 1. The van der Waals surface area contributed by atoms with Crippen molar-refractivity contribution in [1.82, 2.24) is 0 Å². The van der Waals surface area contributed by atoms with Gasteiger partial charge in [0.15, 0.2) is 5.75 Å². The van der Waals surface area contributed by atoms with E-state index in [-0.39, 0.29) is 18.0 Å². The molecule has 5 nitrogen and oxygen atoms in total. The third kappa shape index (κ3) is 3.49. The second-order valence-electron chi connectivity index (χ2n) is 2.84. The number of para-hydroxylation sites is 2. The molecule has 0 aliphatic heterocycles. The van der Waals surface area contributed by atoms with Crippen molar-refractivity contribution in [2.24, 2.45) is 0 Å². The van der Waals surface area contributed by atoms with Gasteiger partial charge in [0.05, 0.1) is 11.0 Å². The fourth-order valence-electron chi connectivity index (χ4n) is 0.961. The number of nitro benzene ring substituents is 1. The van der Waals surface area contributed by atoms with E-state index in [1.165, 1.54) is 12.1 Å². The number of ether oxygens (including phenoxy) is 1. The summed E-state index contributed by atoms with van der Waals surface area (Å²) in [6, 6.07) is 6.06. The first-order valence-electron chi connectivity index (χ1n) is 4.25. The summed E-state index contributed by atoms with van der Waals surface area (Å²) in [5, 5.41) is 20.2. The first kappa shape index (κ1) is 11.9. The number of hydrogen-bond acceptors (Lipinski definition) is 4. The van der Waals surface area contributed by atoms with Crippen LogP contribution in [0.5, 0.6) is 5.75 Å². The first-order chi connectivity index (χ1) is 7.15. The molecule has 1 rings (SSSR count). The summed E-state index contributed by atoms with van der Waals surface area (Å²) in [7, 11) is 0. The third-order valence-corrected chi connectivity index (χ3v) is 2.42. The van der Waals surface area contributed by atoms with Crippen LogP contribution in [0.3, 0.4) is 0 Å². The van der Waals surface area contributed by atoms with Gasteiger partial charge in [-0.2, -0.15) is 0 Å². The van der Waals surface area contributed by atoms with Crippen molar-refractivity contribution in [2.75, 3.05) is 11.9 Å². The Morgan fingerprint density at radius 2 is 2.20 bits per heavy atom. The van der Waals surface area contributed by atoms with E-state index in [4.69, 9.17) is 4.74 Å². The van der Waals surface area contributed by atoms with E-state index in [9.17, 15) is 15.2 Å². The van der Waals surface area contributed by atoms with Crippen LogP contribution in [0.4, 0.5) is 5.69 Å². The van der Waals surface area contributed by atoms with Gasteiger partial charge < -0.3 is 9.84 Å². The van der Waals surface area contributed by atoms with E-state index in [2.05, 4.69) is 15.9 Å². The minimum absolute atomic E-state index is 0.0239. The minimum atomic E-state index is -0.676. The highest BCUT2D eigenvalue weighted by Crippen LogP contribution is 2.25. The SMILES string of the molecule is O=[N+]([O-])c1ccccc1OCC(O)CBr. The monoisotopic (exact) mass is 275 g/mol. The van der Waals surface area contributed by atoms with Gasteiger partial charge in [-0.1, -0.05) is 28.1 Å². The van der Waals surface area contributed by atoms with E-state index in [1.54, 1.807) is 12.1 Å². The van der Waals surface area contributed by atoms with Crippen LogP contribution < -0.4 is 4.74 Å². The third-order valence-electron chi connectivity index (χ3n) is 1.67. The maximum atomic E-state index is 10.6. The first-order valence-corrected chi connectivity index (χ1v) is 5.37. The maximum absolute atomic E-state index is 10.6. The van der Waals surface area contributed by atoms with Crippen molar-refractivity contribution >= 4 is 21.6 Å². The van der Waals surface area contributed by atoms with Crippen LogP contribution in [0.25, 0.3) is 0 Å². The topological polar surface area (TPSA) is 72.6 Å². The summed E-state index contributed by atoms with van der Waals surface area (Å²) in [5.41, 5.74) is -0.0979. The molecule has 0 saturated heterocycles. The van der Waals surface area contributed by atoms with Crippen molar-refractivity contribution < 1.29 is 14.8 Å². The number of hydrogen-bond donors (Lipinski definition) is 1. The highest BCUT2D eigenvalue weighted by molar-refractivity contribution is 9.09. The van der Waals surface area contributed by atoms with Crippen LogP contribution in [-0.4, -0.2) is 28.1 Å². The Bertz CT molecular complexity index is 345. The molecule has 6 heteroatoms. The van der Waals surface area contributed by atoms with Crippen LogP contribution in [0.15, 0.2) is 24.3 Å². The minimum Gasteiger partial charge on any atom is -0.484 e. The Labute approximate surface area is 95.0 Å². The molecule has 0 amide bonds. The van der Waals surface area contributed by atoms with E-state index >= 15 is 0 Å². The molecule has 0 bridgehead atoms. The Kier molecular flexibility index (Phi) is 4.51. The number of aliphatic hydroxyl groups is 1. The van der Waals surface area contributed by atoms with Crippen molar-refractivity contribution in [3.63, 3.8) is 0 Å². The average Bonchev–Trinajstić information content (AvgIpc) is 2.26. The highest BCUT2D eigenvalue weighted by atomic mass is 79.9. The number of alkyl halides is 1. The molecule has 82 valence electrons. The van der Waals surface area contributed by atoms with Gasteiger partial charge in [0.1, 0.15) is 6.61 Å². The van der Waals surface area contributed by atoms with Gasteiger partial charge in [0, 0.05) is 11.4 Å². The van der Waals surface area contributed by atoms with Crippen LogP contribution >= 0.6 is 15.9 Å². The molecular weight excluding hydrogens is 266 g/mol. The van der Waals surface area contributed by atoms with Crippen molar-refractivity contribution in [3.8, 4) is 5.75 Å². The molecule has 0 aromatic heterocycles. The Morgan fingerprint density at radius 1 is 1.53 bits per heavy atom. The zero-order valence-corrected chi connectivity index (χ0v) is 9.38. The molecule has 1 atom stereocenters. The lowest BCUT2D eigenvalue weighted by atomic mass is 10.3. The highest BCUT2D eigenvalue weighted by Gasteiger charge is 2.14. The smallest absolute Gasteiger partial charge is 0.310 e. The molecule has 0 aliphatic carbocycles. The summed E-state index contributed by atoms with van der Waals surface area (Å²) in [6.45, 7) is 0.0239. The molecular formula is C9H10BrNO4. The lowest BCUT2D eigenvalue weighted by molar-refractivity contribution is -0.385. The van der Waals surface area contributed by atoms with Gasteiger partial charge in [0.25, 0.3) is 0 Å². The number of rotatable bonds is 5. The van der Waals surface area contributed by atoms with Gasteiger partial charge in [-0.15, -0.1) is 0 Å². The van der Waals surface area contributed by atoms with E-state index in [1.807, 2.05) is 0 Å². The van der Waals surface area contributed by atoms with Gasteiger partial charge >= 0.3 is 5.69 Å². The quantitative estimate of drug-likeness (QED) is 0.505. The molecule has 0 radical (unpaired) electrons. The normalized spacial score (nSPS) is 12.1. The molecule has 0 fully saturated rings. The summed E-state index contributed by atoms with van der Waals surface area (Å²) in [6.07, 6.45) is -0.676. The fraction of sp³-hybridized carbons (Fsp3) is 0.333. The maximum Gasteiger partial charge on any atom is 0.310 e. The lowest BCUT2D eigenvalue weighted by Gasteiger charge is -2.09. The van der Waals surface area contributed by atoms with Gasteiger partial charge in [-0.25, -0.2) is 0 Å². The molecule has 1 N–H and O–H groups in total. The van der Waals surface area contributed by atoms with E-state index in [0.717, 1.165) is 0 Å². The number of halogens is 1. The predicted molar refractivity (Wildman–Crippen MR) is 58.4 cm³/mol. The molecule has 0 saturated carbocycles. The standard InChI is InChI=1S/C9H10BrNO4/c10-5-7(12)6-15-9-4-2-1-3-8(9)11(13)14/h1-4,7,12H,5-6H2. The number of aliphatic hydroxyl groups excluding tert-OH is 1. The van der Waals surface area contributed by atoms with Gasteiger partial charge in [-0.3, -0.25) is 10.1 Å². The zero-order chi connectivity index (χ0) is 11.3. The van der Waals surface area contributed by atoms with Crippen molar-refractivity contribution in [1.29, 1.82) is 0 Å². The summed E-state index contributed by atoms with van der Waals surface area (Å²) in [4.78, 5) is 10.1. The fourth-order valence-corrected chi connectivity index (χ4v) is 1.15. The summed E-state index contributed by atoms with van der Waals surface area (Å²) >= 11 is 3.07. The summed E-state index contributed by atoms with van der Waals surface area (Å²) < 4.78 is 5.13. The Balaban J connectivity index is 2.72. The van der Waals surface area contributed by atoms with Crippen molar-refractivity contribution in [3.05, 3.63) is 34.4 Å². The zero-order valence-electron chi connectivity index (χ0n) is 7.80. The van der Waals surface area contributed by atoms with Gasteiger partial charge in [0.2, 0.25) is 0 Å². The van der Waals surface area contributed by atoms with E-state index < -0.39 is 11.0 Å². The van der Waals surface area contributed by atoms with Crippen LogP contribution in [0.2, 0.25) is 0 Å². The van der Waals surface area contributed by atoms with Crippen LogP contribution in [0, 0.1) is 10.1 Å². The molecule has 15 heavy (non-hydrogen) atoms. The molecule has 0 spiro atoms. The molecule has 1 unspecified atom stereocenters. The number of nitrogens with zero attached hydrogens (tertiary/aromatic N) is 1. The predicted octanol–water partition coefficient (Wildman–Crippen LogP) is 1.73. The molecule has 1 aromatic rings. The van der Waals surface area contributed by atoms with Gasteiger partial charge in [-0.05, 0) is 6.07 Å². The van der Waals surface area contributed by atoms with E-state index in [0.29, 0.717) is 5.33 Å². The van der Waals surface area contributed by atoms with Crippen LogP contribution in [0.1, 0.15) is 0 Å². The second kappa shape index (κ2) is 5.67. The number of nitro groups is 1. The second-order valence-corrected chi connectivity index (χ2v) is 3.49. The Morgan fingerprint density at radius 3 is 2.80 bits per heavy atom. The molecule has 0 aliphatic rings. The average molecular weight is 276 g/mol. The van der Waals surface area contributed by atoms with Crippen molar-refractivity contribution in [2.45, 2.75) is 6.10 Å². The molecule has 0 heterocycles. The largest absolute Gasteiger partial charge is 0.484 e. The lowest BCUT2D eigenvalue weighted by Crippen LogP contribution is -2.18. The van der Waals surface area contributed by atoms with Crippen LogP contribution in [-0.2, 0) is 0 Å². The summed E-state index contributed by atoms with van der Waals surface area (Å²) in [5.74, 6) is 0.169.